The van der Waals surface area contributed by atoms with E-state index >= 15 is 0 Å². The van der Waals surface area contributed by atoms with Gasteiger partial charge < -0.3 is 14.2 Å². The van der Waals surface area contributed by atoms with Crippen LogP contribution in [0.5, 0.6) is 17.2 Å². The first kappa shape index (κ1) is 47.9. The molecule has 0 bridgehead atoms. The summed E-state index contributed by atoms with van der Waals surface area (Å²) in [5, 5.41) is 0.875. The highest BCUT2D eigenvalue weighted by molar-refractivity contribution is 6.00. The van der Waals surface area contributed by atoms with Gasteiger partial charge in [0.05, 0.1) is 5.60 Å². The normalized spacial score (nSPS) is 13.0. The van der Waals surface area contributed by atoms with E-state index in [4.69, 9.17) is 19.0 Å². The highest BCUT2D eigenvalue weighted by Crippen LogP contribution is 2.32. The van der Waals surface area contributed by atoms with Crippen LogP contribution in [0.3, 0.4) is 0 Å². The number of benzene rings is 3. The molecule has 7 nitrogen and oxygen atoms in total. The van der Waals surface area contributed by atoms with Crippen molar-refractivity contribution in [1.29, 1.82) is 0 Å². The smallest absolute Gasteiger partial charge is 0.254 e. The lowest BCUT2D eigenvalue weighted by Crippen LogP contribution is -2.37. The van der Waals surface area contributed by atoms with Crippen LogP contribution in [0.1, 0.15) is 114 Å². The standard InChI is InChI=1S/C11H12F4O.C11H16O.C10H14O.C8H13NO3.CH4/c1-5-6(12)8(14)9(15)10(7(5)13)16-11(2,3)4;1-9-5-7-10(8-6-9)12-11(2,3)4;1-10(2,3)11-9-7-5-4-6-8-9;1-8(2,3)12-9-6(10)4-5-7(9)11;/h1-4H3;5-8H,1-4H3;4-8H,1-3H3;4-5H2,1-3H3;1H4. The van der Waals surface area contributed by atoms with Gasteiger partial charge in [0.15, 0.2) is 23.2 Å². The average Bonchev–Trinajstić information content (AvgIpc) is 3.29. The van der Waals surface area contributed by atoms with Crippen molar-refractivity contribution >= 4 is 11.8 Å². The Kier molecular flexibility index (Phi) is 18.1. The van der Waals surface area contributed by atoms with Crippen molar-refractivity contribution in [3.63, 3.8) is 0 Å². The van der Waals surface area contributed by atoms with Crippen molar-refractivity contribution in [2.75, 3.05) is 0 Å². The number of halogens is 4. The number of imide groups is 1. The van der Waals surface area contributed by atoms with Crippen molar-refractivity contribution < 1.29 is 46.2 Å². The summed E-state index contributed by atoms with van der Waals surface area (Å²) in [6.45, 7) is 25.4. The van der Waals surface area contributed by atoms with Crippen LogP contribution in [0.2, 0.25) is 0 Å². The van der Waals surface area contributed by atoms with E-state index in [1.54, 1.807) is 41.5 Å². The van der Waals surface area contributed by atoms with Gasteiger partial charge in [0.25, 0.3) is 11.8 Å². The molecule has 1 saturated heterocycles. The third kappa shape index (κ3) is 18.4. The molecular formula is C41H59F4NO6. The van der Waals surface area contributed by atoms with E-state index in [0.29, 0.717) is 0 Å². The average molecular weight is 738 g/mol. The monoisotopic (exact) mass is 737 g/mol. The lowest BCUT2D eigenvalue weighted by Gasteiger charge is -2.24. The minimum absolute atomic E-state index is 0. The third-order valence-corrected chi connectivity index (χ3v) is 5.83. The van der Waals surface area contributed by atoms with Crippen LogP contribution in [0.25, 0.3) is 0 Å². The first-order valence-corrected chi connectivity index (χ1v) is 16.7. The molecule has 11 heteroatoms. The number of aryl methyl sites for hydroxylation is 1. The molecule has 0 aromatic heterocycles. The van der Waals surface area contributed by atoms with Crippen LogP contribution >= 0.6 is 0 Å². The predicted molar refractivity (Wildman–Crippen MR) is 198 cm³/mol. The number of ether oxygens (including phenoxy) is 3. The molecule has 1 fully saturated rings. The summed E-state index contributed by atoms with van der Waals surface area (Å²) in [5.41, 5.74) is -0.931. The minimum Gasteiger partial charge on any atom is -0.488 e. The molecule has 2 amide bonds. The van der Waals surface area contributed by atoms with Crippen LogP contribution < -0.4 is 14.2 Å². The Balaban J connectivity index is 0.000000669. The molecule has 1 heterocycles. The number of nitrogens with zero attached hydrogens (tertiary/aromatic N) is 1. The Bertz CT molecular complexity index is 1520. The summed E-state index contributed by atoms with van der Waals surface area (Å²) < 4.78 is 68.9. The molecule has 0 unspecified atom stereocenters. The number of hydrogen-bond acceptors (Lipinski definition) is 6. The van der Waals surface area contributed by atoms with E-state index in [9.17, 15) is 27.2 Å². The summed E-state index contributed by atoms with van der Waals surface area (Å²) in [6.07, 6.45) is 0.545. The number of carbonyl (C=O) groups excluding carboxylic acids is 2. The summed E-state index contributed by atoms with van der Waals surface area (Å²) >= 11 is 0. The maximum Gasteiger partial charge on any atom is 0.254 e. The molecule has 0 radical (unpaired) electrons. The van der Waals surface area contributed by atoms with Crippen molar-refractivity contribution in [3.8, 4) is 17.2 Å². The minimum atomic E-state index is -1.72. The zero-order valence-electron chi connectivity index (χ0n) is 32.5. The van der Waals surface area contributed by atoms with Crippen molar-refractivity contribution in [1.82, 2.24) is 5.06 Å². The molecule has 0 spiro atoms. The molecule has 4 rings (SSSR count). The molecule has 0 N–H and O–H groups in total. The van der Waals surface area contributed by atoms with Gasteiger partial charge in [-0.15, -0.1) is 0 Å². The van der Waals surface area contributed by atoms with Crippen LogP contribution in [-0.4, -0.2) is 39.3 Å². The topological polar surface area (TPSA) is 74.3 Å². The lowest BCUT2D eigenvalue weighted by molar-refractivity contribution is -0.218. The molecule has 1 aliphatic rings. The van der Waals surface area contributed by atoms with Crippen LogP contribution in [-0.2, 0) is 14.4 Å². The van der Waals surface area contributed by atoms with Gasteiger partial charge in [-0.1, -0.05) is 43.3 Å². The fourth-order valence-electron chi connectivity index (χ4n) is 3.85. The lowest BCUT2D eigenvalue weighted by atomic mass is 10.1. The first-order valence-electron chi connectivity index (χ1n) is 16.7. The van der Waals surface area contributed by atoms with Crippen molar-refractivity contribution in [3.05, 3.63) is 89.0 Å². The SMILES string of the molecule is C.CC(C)(C)ON1C(=O)CCC1=O.CC(C)(C)Oc1ccccc1.Cc1c(F)c(F)c(F)c(OC(C)(C)C)c1F.Cc1ccc(OC(C)(C)C)cc1. The van der Waals surface area contributed by atoms with Crippen molar-refractivity contribution in [2.24, 2.45) is 0 Å². The maximum atomic E-state index is 13.5. The fraction of sp³-hybridized carbons (Fsp3) is 0.512. The van der Waals surface area contributed by atoms with Gasteiger partial charge in [0.2, 0.25) is 5.82 Å². The van der Waals surface area contributed by atoms with Gasteiger partial charge in [-0.05, 0) is 121 Å². The number of carbonyl (C=O) groups is 2. The van der Waals surface area contributed by atoms with Gasteiger partial charge in [0.1, 0.15) is 28.3 Å². The van der Waals surface area contributed by atoms with Crippen molar-refractivity contribution in [2.45, 2.75) is 140 Å². The molecule has 52 heavy (non-hydrogen) atoms. The maximum absolute atomic E-state index is 13.5. The molecule has 0 atom stereocenters. The second-order valence-electron chi connectivity index (χ2n) is 15.8. The number of rotatable bonds is 4. The van der Waals surface area contributed by atoms with E-state index in [1.807, 2.05) is 84.0 Å². The third-order valence-electron chi connectivity index (χ3n) is 5.83. The van der Waals surface area contributed by atoms with Crippen LogP contribution in [0.15, 0.2) is 54.6 Å². The number of para-hydroxylation sites is 1. The van der Waals surface area contributed by atoms with Gasteiger partial charge in [0, 0.05) is 18.4 Å². The summed E-state index contributed by atoms with van der Waals surface area (Å²) in [6, 6.07) is 18.0. The van der Waals surface area contributed by atoms with E-state index in [1.165, 1.54) is 5.56 Å². The largest absolute Gasteiger partial charge is 0.488 e. The second kappa shape index (κ2) is 19.6. The molecular weight excluding hydrogens is 678 g/mol. The van der Waals surface area contributed by atoms with Crippen LogP contribution in [0.4, 0.5) is 17.6 Å². The first-order chi connectivity index (χ1) is 23.1. The van der Waals surface area contributed by atoms with E-state index in [0.717, 1.165) is 23.5 Å². The Morgan fingerprint density at radius 2 is 0.923 bits per heavy atom. The summed E-state index contributed by atoms with van der Waals surface area (Å²) in [5.74, 6) is -5.61. The Morgan fingerprint density at radius 1 is 0.519 bits per heavy atom. The summed E-state index contributed by atoms with van der Waals surface area (Å²) in [4.78, 5) is 27.2. The Labute approximate surface area is 308 Å². The highest BCUT2D eigenvalue weighted by atomic mass is 19.2. The number of amides is 2. The Hall–Kier alpha value is -4.12. The van der Waals surface area contributed by atoms with Gasteiger partial charge in [-0.25, -0.2) is 13.2 Å². The highest BCUT2D eigenvalue weighted by Gasteiger charge is 2.33. The molecule has 1 aliphatic heterocycles. The van der Waals surface area contributed by atoms with E-state index in [2.05, 4.69) is 19.1 Å². The number of hydrogen-bond donors (Lipinski definition) is 0. The Morgan fingerprint density at radius 3 is 1.31 bits per heavy atom. The molecule has 292 valence electrons. The van der Waals surface area contributed by atoms with Gasteiger partial charge in [-0.2, -0.15) is 9.45 Å². The quantitative estimate of drug-likeness (QED) is 0.115. The molecule has 0 aliphatic carbocycles. The predicted octanol–water partition coefficient (Wildman–Crippen LogP) is 11.3. The summed E-state index contributed by atoms with van der Waals surface area (Å²) in [7, 11) is 0. The molecule has 3 aromatic rings. The van der Waals surface area contributed by atoms with E-state index < -0.39 is 45.8 Å². The van der Waals surface area contributed by atoms with Gasteiger partial charge >= 0.3 is 0 Å². The second-order valence-corrected chi connectivity index (χ2v) is 15.8. The van der Waals surface area contributed by atoms with Crippen LogP contribution in [0, 0.1) is 37.1 Å². The zero-order chi connectivity index (χ0) is 39.5. The number of hydroxylamine groups is 2. The zero-order valence-corrected chi connectivity index (χ0v) is 32.5. The van der Waals surface area contributed by atoms with Gasteiger partial charge in [-0.3, -0.25) is 14.4 Å². The van der Waals surface area contributed by atoms with E-state index in [-0.39, 0.29) is 43.3 Å². The fourth-order valence-corrected chi connectivity index (χ4v) is 3.85. The molecule has 0 saturated carbocycles. The molecule has 3 aromatic carbocycles.